The molecule has 3 nitrogen and oxygen atoms in total. The Labute approximate surface area is 116 Å². The molecule has 0 amide bonds. The van der Waals surface area contributed by atoms with E-state index in [0.29, 0.717) is 0 Å². The number of hydrogen-bond donors (Lipinski definition) is 2. The summed E-state index contributed by atoms with van der Waals surface area (Å²) in [6.07, 6.45) is 1.25. The second-order valence-electron chi connectivity index (χ2n) is 5.92. The summed E-state index contributed by atoms with van der Waals surface area (Å²) in [4.78, 5) is 2.46. The molecule has 0 bridgehead atoms. The van der Waals surface area contributed by atoms with Gasteiger partial charge in [0.25, 0.3) is 0 Å². The SMILES string of the molecule is CC1CCN(CC(C(=N)N)c2ccccc2)CC1C. The van der Waals surface area contributed by atoms with Gasteiger partial charge < -0.3 is 10.6 Å². The van der Waals surface area contributed by atoms with Gasteiger partial charge in [-0.3, -0.25) is 5.41 Å². The van der Waals surface area contributed by atoms with Gasteiger partial charge in [-0.25, -0.2) is 0 Å². The normalized spacial score (nSPS) is 26.0. The van der Waals surface area contributed by atoms with Crippen molar-refractivity contribution in [1.29, 1.82) is 5.41 Å². The van der Waals surface area contributed by atoms with Crippen molar-refractivity contribution >= 4 is 5.84 Å². The molecule has 1 saturated heterocycles. The molecule has 1 aliphatic rings. The lowest BCUT2D eigenvalue weighted by atomic mass is 9.87. The maximum absolute atomic E-state index is 7.85. The van der Waals surface area contributed by atoms with E-state index in [1.165, 1.54) is 6.42 Å². The highest BCUT2D eigenvalue weighted by Crippen LogP contribution is 2.25. The molecule has 1 aromatic rings. The number of hydrogen-bond acceptors (Lipinski definition) is 2. The van der Waals surface area contributed by atoms with Crippen LogP contribution < -0.4 is 5.73 Å². The zero-order valence-electron chi connectivity index (χ0n) is 12.0. The van der Waals surface area contributed by atoms with Crippen molar-refractivity contribution in [3.05, 3.63) is 35.9 Å². The van der Waals surface area contributed by atoms with Gasteiger partial charge in [0, 0.05) is 13.1 Å². The van der Waals surface area contributed by atoms with Crippen molar-refractivity contribution in [2.45, 2.75) is 26.2 Å². The van der Waals surface area contributed by atoms with Gasteiger partial charge in [-0.15, -0.1) is 0 Å². The van der Waals surface area contributed by atoms with E-state index < -0.39 is 0 Å². The summed E-state index contributed by atoms with van der Waals surface area (Å²) in [5.41, 5.74) is 6.96. The minimum atomic E-state index is 0.0295. The van der Waals surface area contributed by atoms with Crippen LogP contribution in [0.4, 0.5) is 0 Å². The first-order valence-electron chi connectivity index (χ1n) is 7.19. The van der Waals surface area contributed by atoms with Crippen molar-refractivity contribution in [1.82, 2.24) is 4.90 Å². The van der Waals surface area contributed by atoms with Crippen molar-refractivity contribution in [2.75, 3.05) is 19.6 Å². The quantitative estimate of drug-likeness (QED) is 0.645. The molecule has 1 fully saturated rings. The third-order valence-corrected chi connectivity index (χ3v) is 4.44. The number of rotatable bonds is 4. The zero-order valence-corrected chi connectivity index (χ0v) is 12.0. The highest BCUT2D eigenvalue weighted by atomic mass is 15.1. The molecule has 0 spiro atoms. The summed E-state index contributed by atoms with van der Waals surface area (Å²) in [7, 11) is 0. The maximum atomic E-state index is 7.85. The van der Waals surface area contributed by atoms with Crippen LogP contribution in [0.2, 0.25) is 0 Å². The third-order valence-electron chi connectivity index (χ3n) is 4.44. The van der Waals surface area contributed by atoms with Crippen molar-refractivity contribution in [3.8, 4) is 0 Å². The molecule has 0 aromatic heterocycles. The van der Waals surface area contributed by atoms with Crippen molar-refractivity contribution in [2.24, 2.45) is 17.6 Å². The highest BCUT2D eigenvalue weighted by molar-refractivity contribution is 5.84. The molecule has 19 heavy (non-hydrogen) atoms. The Morgan fingerprint density at radius 3 is 2.58 bits per heavy atom. The van der Waals surface area contributed by atoms with Gasteiger partial charge in [-0.2, -0.15) is 0 Å². The minimum absolute atomic E-state index is 0.0295. The maximum Gasteiger partial charge on any atom is 0.0995 e. The molecular weight excluding hydrogens is 234 g/mol. The fourth-order valence-electron chi connectivity index (χ4n) is 2.84. The lowest BCUT2D eigenvalue weighted by Crippen LogP contribution is -2.42. The summed E-state index contributed by atoms with van der Waals surface area (Å²) in [6, 6.07) is 10.2. The lowest BCUT2D eigenvalue weighted by molar-refractivity contribution is 0.137. The Morgan fingerprint density at radius 2 is 2.00 bits per heavy atom. The molecule has 2 rings (SSSR count). The molecule has 1 heterocycles. The Morgan fingerprint density at radius 1 is 1.32 bits per heavy atom. The molecule has 3 unspecified atom stereocenters. The lowest BCUT2D eigenvalue weighted by Gasteiger charge is -2.37. The topological polar surface area (TPSA) is 53.1 Å². The van der Waals surface area contributed by atoms with E-state index >= 15 is 0 Å². The highest BCUT2D eigenvalue weighted by Gasteiger charge is 2.26. The van der Waals surface area contributed by atoms with Crippen LogP contribution in [0.1, 0.15) is 31.7 Å². The fourth-order valence-corrected chi connectivity index (χ4v) is 2.84. The summed E-state index contributed by atoms with van der Waals surface area (Å²) >= 11 is 0. The van der Waals surface area contributed by atoms with Gasteiger partial charge in [0.1, 0.15) is 0 Å². The number of likely N-dealkylation sites (tertiary alicyclic amines) is 1. The molecule has 0 radical (unpaired) electrons. The van der Waals surface area contributed by atoms with Crippen LogP contribution in [-0.2, 0) is 0 Å². The van der Waals surface area contributed by atoms with E-state index in [9.17, 15) is 0 Å². The Bertz CT molecular complexity index is 415. The van der Waals surface area contributed by atoms with Crippen LogP contribution in [0.25, 0.3) is 0 Å². The summed E-state index contributed by atoms with van der Waals surface area (Å²) in [6.45, 7) is 7.78. The molecular formula is C16H25N3. The molecule has 1 aromatic carbocycles. The first-order valence-corrected chi connectivity index (χ1v) is 7.19. The minimum Gasteiger partial charge on any atom is -0.387 e. The van der Waals surface area contributed by atoms with Crippen LogP contribution in [0.15, 0.2) is 30.3 Å². The van der Waals surface area contributed by atoms with E-state index in [0.717, 1.165) is 37.0 Å². The largest absolute Gasteiger partial charge is 0.387 e. The number of nitrogens with two attached hydrogens (primary N) is 1. The van der Waals surface area contributed by atoms with Gasteiger partial charge in [0.05, 0.1) is 11.8 Å². The Kier molecular flexibility index (Phi) is 4.59. The zero-order chi connectivity index (χ0) is 13.8. The van der Waals surface area contributed by atoms with Crippen LogP contribution in [-0.4, -0.2) is 30.4 Å². The van der Waals surface area contributed by atoms with Crippen LogP contribution in [0.3, 0.4) is 0 Å². The van der Waals surface area contributed by atoms with Crippen LogP contribution in [0.5, 0.6) is 0 Å². The number of piperidine rings is 1. The van der Waals surface area contributed by atoms with Crippen LogP contribution in [0, 0.1) is 17.2 Å². The molecule has 3 heteroatoms. The van der Waals surface area contributed by atoms with Gasteiger partial charge in [-0.1, -0.05) is 44.2 Å². The fraction of sp³-hybridized carbons (Fsp3) is 0.562. The standard InChI is InChI=1S/C16H25N3/c1-12-8-9-19(10-13(12)2)11-15(16(17)18)14-6-4-3-5-7-14/h3-7,12-13,15H,8-11H2,1-2H3,(H3,17,18). The summed E-state index contributed by atoms with van der Waals surface area (Å²) < 4.78 is 0. The average molecular weight is 259 g/mol. The molecule has 3 atom stereocenters. The number of amidine groups is 1. The van der Waals surface area contributed by atoms with Gasteiger partial charge >= 0.3 is 0 Å². The van der Waals surface area contributed by atoms with E-state index in [1.807, 2.05) is 18.2 Å². The predicted molar refractivity (Wildman–Crippen MR) is 80.5 cm³/mol. The third kappa shape index (κ3) is 3.57. The van der Waals surface area contributed by atoms with E-state index in [4.69, 9.17) is 11.1 Å². The second kappa shape index (κ2) is 6.20. The van der Waals surface area contributed by atoms with Gasteiger partial charge in [0.15, 0.2) is 0 Å². The first-order chi connectivity index (χ1) is 9.08. The molecule has 0 aliphatic carbocycles. The predicted octanol–water partition coefficient (Wildman–Crippen LogP) is 2.68. The average Bonchev–Trinajstić information content (AvgIpc) is 2.40. The molecule has 1 aliphatic heterocycles. The smallest absolute Gasteiger partial charge is 0.0995 e. The Hall–Kier alpha value is -1.35. The van der Waals surface area contributed by atoms with E-state index in [-0.39, 0.29) is 11.8 Å². The number of nitrogens with zero attached hydrogens (tertiary/aromatic N) is 1. The van der Waals surface area contributed by atoms with Crippen molar-refractivity contribution < 1.29 is 0 Å². The van der Waals surface area contributed by atoms with Crippen molar-refractivity contribution in [3.63, 3.8) is 0 Å². The van der Waals surface area contributed by atoms with Gasteiger partial charge in [0.2, 0.25) is 0 Å². The summed E-state index contributed by atoms with van der Waals surface area (Å²) in [5.74, 6) is 1.85. The molecule has 104 valence electrons. The first kappa shape index (κ1) is 14.1. The van der Waals surface area contributed by atoms with Gasteiger partial charge in [-0.05, 0) is 30.4 Å². The number of nitrogens with one attached hydrogen (secondary N) is 1. The molecule has 3 N–H and O–H groups in total. The number of benzene rings is 1. The van der Waals surface area contributed by atoms with E-state index in [1.54, 1.807) is 0 Å². The monoisotopic (exact) mass is 259 g/mol. The van der Waals surface area contributed by atoms with Crippen LogP contribution >= 0.6 is 0 Å². The Balaban J connectivity index is 2.04. The molecule has 0 saturated carbocycles. The second-order valence-corrected chi connectivity index (χ2v) is 5.92. The summed E-state index contributed by atoms with van der Waals surface area (Å²) in [5, 5.41) is 7.85. The van der Waals surface area contributed by atoms with E-state index in [2.05, 4.69) is 30.9 Å².